The number of ether oxygens (including phenoxy) is 1. The minimum Gasteiger partial charge on any atom is -0.497 e. The maximum absolute atomic E-state index is 6.07. The molecular weight excluding hydrogens is 246 g/mol. The Labute approximate surface area is 116 Å². The van der Waals surface area contributed by atoms with Crippen LogP contribution in [-0.2, 0) is 6.42 Å². The molecule has 2 nitrogen and oxygen atoms in total. The van der Waals surface area contributed by atoms with Crippen LogP contribution >= 0.6 is 11.6 Å². The molecule has 0 heterocycles. The molecule has 1 rings (SSSR count). The van der Waals surface area contributed by atoms with Gasteiger partial charge in [-0.2, -0.15) is 0 Å². The van der Waals surface area contributed by atoms with Gasteiger partial charge in [0.05, 0.1) is 7.11 Å². The first-order valence-electron chi connectivity index (χ1n) is 6.63. The van der Waals surface area contributed by atoms with Gasteiger partial charge in [-0.1, -0.05) is 26.0 Å². The molecule has 0 atom stereocenters. The Kier molecular flexibility index (Phi) is 6.51. The summed E-state index contributed by atoms with van der Waals surface area (Å²) in [6.45, 7) is 5.33. The molecule has 0 saturated heterocycles. The van der Waals surface area contributed by atoms with Crippen LogP contribution in [0.5, 0.6) is 5.75 Å². The lowest BCUT2D eigenvalue weighted by molar-refractivity contribution is 0.339. The van der Waals surface area contributed by atoms with E-state index in [9.17, 15) is 0 Å². The van der Waals surface area contributed by atoms with Gasteiger partial charge in [-0.3, -0.25) is 0 Å². The van der Waals surface area contributed by atoms with Crippen molar-refractivity contribution in [2.24, 2.45) is 0 Å². The molecule has 0 aliphatic rings. The molecule has 0 radical (unpaired) electrons. The summed E-state index contributed by atoms with van der Waals surface area (Å²) < 4.78 is 5.15. The van der Waals surface area contributed by atoms with Gasteiger partial charge in [0.15, 0.2) is 0 Å². The Morgan fingerprint density at radius 2 is 1.78 bits per heavy atom. The van der Waals surface area contributed by atoms with Crippen molar-refractivity contribution in [3.63, 3.8) is 0 Å². The fourth-order valence-corrected chi connectivity index (χ4v) is 2.47. The molecular formula is C15H24ClNO. The predicted molar refractivity (Wildman–Crippen MR) is 78.7 cm³/mol. The summed E-state index contributed by atoms with van der Waals surface area (Å²) in [4.78, 5) is 0. The van der Waals surface area contributed by atoms with E-state index in [4.69, 9.17) is 16.3 Å². The summed E-state index contributed by atoms with van der Waals surface area (Å²) in [6.07, 6.45) is 3.15. The van der Waals surface area contributed by atoms with Crippen molar-refractivity contribution in [1.29, 1.82) is 0 Å². The lowest BCUT2D eigenvalue weighted by atomic mass is 9.95. The van der Waals surface area contributed by atoms with Crippen molar-refractivity contribution in [2.45, 2.75) is 38.6 Å². The van der Waals surface area contributed by atoms with E-state index in [2.05, 4.69) is 31.3 Å². The second-order valence-corrected chi connectivity index (χ2v) is 4.91. The molecule has 3 heteroatoms. The van der Waals surface area contributed by atoms with Crippen LogP contribution in [0.15, 0.2) is 24.3 Å². The number of nitrogens with one attached hydrogen (secondary N) is 1. The predicted octanol–water partition coefficient (Wildman–Crippen LogP) is 3.62. The Hall–Kier alpha value is -0.730. The quantitative estimate of drug-likeness (QED) is 0.728. The van der Waals surface area contributed by atoms with E-state index in [1.165, 1.54) is 5.56 Å². The minimum absolute atomic E-state index is 0.0913. The van der Waals surface area contributed by atoms with Crippen LogP contribution in [0.4, 0.5) is 0 Å². The summed E-state index contributed by atoms with van der Waals surface area (Å²) in [5.41, 5.74) is 1.41. The maximum atomic E-state index is 6.07. The Balaban J connectivity index is 2.44. The average molecular weight is 270 g/mol. The Morgan fingerprint density at radius 1 is 1.17 bits per heavy atom. The lowest BCUT2D eigenvalue weighted by Crippen LogP contribution is -2.46. The highest BCUT2D eigenvalue weighted by Gasteiger charge is 2.23. The number of halogens is 1. The summed E-state index contributed by atoms with van der Waals surface area (Å²) in [5, 5.41) is 3.60. The molecule has 0 spiro atoms. The van der Waals surface area contributed by atoms with Gasteiger partial charge in [-0.25, -0.2) is 0 Å². The summed E-state index contributed by atoms with van der Waals surface area (Å²) in [5.74, 6) is 1.58. The van der Waals surface area contributed by atoms with E-state index < -0.39 is 0 Å². The second kappa shape index (κ2) is 7.65. The van der Waals surface area contributed by atoms with E-state index in [0.717, 1.165) is 31.6 Å². The van der Waals surface area contributed by atoms with Crippen LogP contribution in [0.25, 0.3) is 0 Å². The molecule has 0 aliphatic heterocycles. The fraction of sp³-hybridized carbons (Fsp3) is 0.600. The zero-order chi connectivity index (χ0) is 13.4. The number of methoxy groups -OCH3 is 1. The van der Waals surface area contributed by atoms with Gasteiger partial charge < -0.3 is 10.1 Å². The number of alkyl halides is 1. The SMILES string of the molecule is CCC(CC)(CCl)NCCc1ccc(OC)cc1. The molecule has 1 N–H and O–H groups in total. The fourth-order valence-electron chi connectivity index (χ4n) is 2.00. The molecule has 0 saturated carbocycles. The van der Waals surface area contributed by atoms with E-state index in [1.807, 2.05) is 12.1 Å². The molecule has 0 amide bonds. The molecule has 1 aromatic carbocycles. The number of rotatable bonds is 8. The zero-order valence-electron chi connectivity index (χ0n) is 11.6. The second-order valence-electron chi connectivity index (χ2n) is 4.65. The van der Waals surface area contributed by atoms with E-state index >= 15 is 0 Å². The van der Waals surface area contributed by atoms with Crippen molar-refractivity contribution in [3.8, 4) is 5.75 Å². The van der Waals surface area contributed by atoms with Gasteiger partial charge in [0, 0.05) is 11.4 Å². The van der Waals surface area contributed by atoms with Gasteiger partial charge in [-0.15, -0.1) is 11.6 Å². The summed E-state index contributed by atoms with van der Waals surface area (Å²) >= 11 is 6.07. The lowest BCUT2D eigenvalue weighted by Gasteiger charge is -2.30. The third-order valence-corrected chi connectivity index (χ3v) is 4.19. The Morgan fingerprint density at radius 3 is 2.22 bits per heavy atom. The van der Waals surface area contributed by atoms with Crippen molar-refractivity contribution in [1.82, 2.24) is 5.32 Å². The van der Waals surface area contributed by atoms with Crippen molar-refractivity contribution in [3.05, 3.63) is 29.8 Å². The summed E-state index contributed by atoms with van der Waals surface area (Å²) in [6, 6.07) is 8.23. The first-order chi connectivity index (χ1) is 8.69. The molecule has 0 aliphatic carbocycles. The van der Waals surface area contributed by atoms with Crippen molar-refractivity contribution >= 4 is 11.6 Å². The smallest absolute Gasteiger partial charge is 0.118 e. The molecule has 0 aromatic heterocycles. The first-order valence-corrected chi connectivity index (χ1v) is 7.17. The highest BCUT2D eigenvalue weighted by atomic mass is 35.5. The van der Waals surface area contributed by atoms with Crippen LogP contribution < -0.4 is 10.1 Å². The van der Waals surface area contributed by atoms with Crippen molar-refractivity contribution < 1.29 is 4.74 Å². The normalized spacial score (nSPS) is 11.6. The molecule has 0 fully saturated rings. The monoisotopic (exact) mass is 269 g/mol. The first kappa shape index (κ1) is 15.3. The largest absolute Gasteiger partial charge is 0.497 e. The Bertz CT molecular complexity index is 325. The van der Waals surface area contributed by atoms with E-state index in [-0.39, 0.29) is 5.54 Å². The van der Waals surface area contributed by atoms with Gasteiger partial charge in [0.25, 0.3) is 0 Å². The van der Waals surface area contributed by atoms with Crippen LogP contribution in [0.2, 0.25) is 0 Å². The zero-order valence-corrected chi connectivity index (χ0v) is 12.4. The minimum atomic E-state index is 0.0913. The van der Waals surface area contributed by atoms with Gasteiger partial charge in [0.1, 0.15) is 5.75 Å². The molecule has 0 unspecified atom stereocenters. The van der Waals surface area contributed by atoms with Gasteiger partial charge in [0.2, 0.25) is 0 Å². The number of benzene rings is 1. The summed E-state index contributed by atoms with van der Waals surface area (Å²) in [7, 11) is 1.69. The van der Waals surface area contributed by atoms with Crippen LogP contribution in [0.3, 0.4) is 0 Å². The van der Waals surface area contributed by atoms with E-state index in [1.54, 1.807) is 7.11 Å². The van der Waals surface area contributed by atoms with Gasteiger partial charge in [-0.05, 0) is 43.5 Å². The highest BCUT2D eigenvalue weighted by molar-refractivity contribution is 6.18. The number of hydrogen-bond acceptors (Lipinski definition) is 2. The molecule has 18 heavy (non-hydrogen) atoms. The third-order valence-electron chi connectivity index (χ3n) is 3.68. The van der Waals surface area contributed by atoms with Crippen LogP contribution in [0.1, 0.15) is 32.3 Å². The van der Waals surface area contributed by atoms with Crippen LogP contribution in [0, 0.1) is 0 Å². The van der Waals surface area contributed by atoms with E-state index in [0.29, 0.717) is 5.88 Å². The molecule has 0 bridgehead atoms. The number of hydrogen-bond donors (Lipinski definition) is 1. The molecule has 102 valence electrons. The highest BCUT2D eigenvalue weighted by Crippen LogP contribution is 2.17. The van der Waals surface area contributed by atoms with Crippen LogP contribution in [-0.4, -0.2) is 25.1 Å². The molecule has 1 aromatic rings. The average Bonchev–Trinajstić information content (AvgIpc) is 2.45. The maximum Gasteiger partial charge on any atom is 0.118 e. The third kappa shape index (κ3) is 4.18. The standard InChI is InChI=1S/C15H24ClNO/c1-4-15(5-2,12-16)17-11-10-13-6-8-14(18-3)9-7-13/h6-9,17H,4-5,10-12H2,1-3H3. The van der Waals surface area contributed by atoms with Gasteiger partial charge >= 0.3 is 0 Å². The topological polar surface area (TPSA) is 21.3 Å². The van der Waals surface area contributed by atoms with Crippen molar-refractivity contribution in [2.75, 3.05) is 19.5 Å².